The molecule has 2 unspecified atom stereocenters. The molecule has 4 aliphatic rings. The molecule has 4 fully saturated rings. The van der Waals surface area contributed by atoms with Gasteiger partial charge in [-0.25, -0.2) is 18.7 Å². The molecule has 3 heterocycles. The average Bonchev–Trinajstić information content (AvgIpc) is 3.83. The number of hydrogen-bond donors (Lipinski definition) is 0. The Kier molecular flexibility index (Phi) is 9.41. The van der Waals surface area contributed by atoms with E-state index in [0.29, 0.717) is 75.3 Å². The predicted molar refractivity (Wildman–Crippen MR) is 196 cm³/mol. The Morgan fingerprint density at radius 3 is 2.55 bits per heavy atom. The summed E-state index contributed by atoms with van der Waals surface area (Å²) >= 11 is 0. The molecule has 8 rings (SSSR count). The maximum Gasteiger partial charge on any atom is 0.188 e. The highest BCUT2D eigenvalue weighted by molar-refractivity contribution is 6.04. The summed E-state index contributed by atoms with van der Waals surface area (Å²) in [4.78, 5) is 25.9. The number of piperidine rings is 2. The van der Waals surface area contributed by atoms with Gasteiger partial charge in [0.2, 0.25) is 0 Å². The molecule has 4 aromatic rings. The Labute approximate surface area is 298 Å². The van der Waals surface area contributed by atoms with Gasteiger partial charge in [0, 0.05) is 61.5 Å². The minimum atomic E-state index is -0.716. The number of fused-ring (bicyclic) bond motifs is 4. The van der Waals surface area contributed by atoms with Gasteiger partial charge in [-0.3, -0.25) is 0 Å². The highest BCUT2D eigenvalue weighted by Crippen LogP contribution is 2.51. The molecule has 7 nitrogen and oxygen atoms in total. The van der Waals surface area contributed by atoms with Crippen molar-refractivity contribution in [2.24, 2.45) is 23.2 Å². The van der Waals surface area contributed by atoms with E-state index in [4.69, 9.17) is 25.9 Å². The maximum absolute atomic E-state index is 17.2. The number of aldehydes is 1. The van der Waals surface area contributed by atoms with Crippen molar-refractivity contribution < 1.29 is 23.0 Å². The fourth-order valence-electron chi connectivity index (χ4n) is 9.17. The SMILES string of the molecule is C#Cc1cccc2cc(OCOC)cc(-c3c(F)cc4c(N5CC6CCC(C6)C5)nc(CCC5(CN6CCC(CC=O)CC6)CC5)nc4c3F)c12. The van der Waals surface area contributed by atoms with Gasteiger partial charge in [0.05, 0.1) is 5.56 Å². The number of terminal acetylenes is 1. The third-order valence-corrected chi connectivity index (χ3v) is 12.1. The topological polar surface area (TPSA) is 67.8 Å². The number of halogens is 2. The standard InChI is InChI=1S/C42H46F2N4O3/c1-3-30-5-4-6-31-20-32(51-26-50-2)21-33(37(30)31)38-35(43)22-34-40(39(38)44)45-36(46-41(34)48-23-28-7-8-29(19-28)24-48)9-13-42(14-15-42)25-47-16-10-27(11-17-47)12-18-49/h1,4-6,18,20-22,27-29H,7-17,19,23-26H2,2H3. The molecule has 2 aliphatic carbocycles. The van der Waals surface area contributed by atoms with Gasteiger partial charge >= 0.3 is 0 Å². The van der Waals surface area contributed by atoms with E-state index < -0.39 is 11.6 Å². The zero-order valence-corrected chi connectivity index (χ0v) is 29.4. The maximum atomic E-state index is 17.2. The van der Waals surface area contributed by atoms with Crippen molar-refractivity contribution in [1.29, 1.82) is 0 Å². The number of carbonyl (C=O) groups is 1. The highest BCUT2D eigenvalue weighted by Gasteiger charge is 2.44. The molecule has 0 N–H and O–H groups in total. The van der Waals surface area contributed by atoms with Crippen LogP contribution in [0.25, 0.3) is 32.8 Å². The van der Waals surface area contributed by atoms with Crippen molar-refractivity contribution in [2.45, 2.75) is 64.2 Å². The van der Waals surface area contributed by atoms with Crippen molar-refractivity contribution in [2.75, 3.05) is 51.5 Å². The lowest BCUT2D eigenvalue weighted by Crippen LogP contribution is -2.38. The van der Waals surface area contributed by atoms with Crippen LogP contribution in [0.3, 0.4) is 0 Å². The number of methoxy groups -OCH3 is 1. The van der Waals surface area contributed by atoms with E-state index in [1.165, 1.54) is 32.4 Å². The van der Waals surface area contributed by atoms with E-state index in [1.807, 2.05) is 12.1 Å². The quantitative estimate of drug-likeness (QED) is 0.0849. The number of anilines is 1. The molecule has 0 radical (unpaired) electrons. The van der Waals surface area contributed by atoms with Gasteiger partial charge in [0.1, 0.15) is 35.0 Å². The zero-order valence-electron chi connectivity index (χ0n) is 29.4. The molecule has 1 aromatic heterocycles. The molecule has 51 heavy (non-hydrogen) atoms. The average molecular weight is 693 g/mol. The first-order valence-electron chi connectivity index (χ1n) is 18.6. The first-order valence-corrected chi connectivity index (χ1v) is 18.6. The van der Waals surface area contributed by atoms with Crippen LogP contribution in [-0.4, -0.2) is 67.8 Å². The van der Waals surface area contributed by atoms with Crippen molar-refractivity contribution in [3.05, 3.63) is 59.4 Å². The smallest absolute Gasteiger partial charge is 0.188 e. The van der Waals surface area contributed by atoms with Crippen molar-refractivity contribution in [3.63, 3.8) is 0 Å². The van der Waals surface area contributed by atoms with Crippen LogP contribution in [0.15, 0.2) is 36.4 Å². The lowest BCUT2D eigenvalue weighted by molar-refractivity contribution is -0.108. The monoisotopic (exact) mass is 692 g/mol. The molecule has 2 saturated heterocycles. The molecule has 2 atom stereocenters. The Balaban J connectivity index is 1.18. The fraction of sp³-hybridized carbons (Fsp3) is 0.500. The van der Waals surface area contributed by atoms with Crippen LogP contribution < -0.4 is 9.64 Å². The minimum Gasteiger partial charge on any atom is -0.468 e. The van der Waals surface area contributed by atoms with E-state index in [1.54, 1.807) is 18.2 Å². The lowest BCUT2D eigenvalue weighted by Gasteiger charge is -2.34. The number of nitrogens with zero attached hydrogens (tertiary/aromatic N) is 4. The van der Waals surface area contributed by atoms with Crippen LogP contribution in [-0.2, 0) is 16.0 Å². The number of rotatable bonds is 12. The van der Waals surface area contributed by atoms with Gasteiger partial charge in [0.25, 0.3) is 0 Å². The summed E-state index contributed by atoms with van der Waals surface area (Å²) in [5.74, 6) is 4.61. The first kappa shape index (κ1) is 34.0. The van der Waals surface area contributed by atoms with Gasteiger partial charge in [-0.05, 0) is 117 Å². The molecular weight excluding hydrogens is 646 g/mol. The molecule has 0 spiro atoms. The van der Waals surface area contributed by atoms with E-state index in [9.17, 15) is 4.79 Å². The molecule has 266 valence electrons. The minimum absolute atomic E-state index is 0.0137. The zero-order chi connectivity index (χ0) is 35.1. The number of aryl methyl sites for hydroxylation is 1. The van der Waals surface area contributed by atoms with Crippen LogP contribution in [0.1, 0.15) is 69.2 Å². The van der Waals surface area contributed by atoms with Gasteiger partial charge in [-0.2, -0.15) is 0 Å². The van der Waals surface area contributed by atoms with Crippen LogP contribution in [0.5, 0.6) is 5.75 Å². The second-order valence-corrected chi connectivity index (χ2v) is 15.5. The van der Waals surface area contributed by atoms with Crippen LogP contribution in [0.4, 0.5) is 14.6 Å². The van der Waals surface area contributed by atoms with E-state index >= 15 is 8.78 Å². The van der Waals surface area contributed by atoms with E-state index in [0.717, 1.165) is 71.1 Å². The molecule has 9 heteroatoms. The van der Waals surface area contributed by atoms with Crippen LogP contribution in [0, 0.1) is 47.1 Å². The molecule has 0 amide bonds. The summed E-state index contributed by atoms with van der Waals surface area (Å²) < 4.78 is 44.7. The summed E-state index contributed by atoms with van der Waals surface area (Å²) in [6.45, 7) is 4.76. The van der Waals surface area contributed by atoms with E-state index in [2.05, 4.69) is 15.7 Å². The number of benzene rings is 3. The number of likely N-dealkylation sites (tertiary alicyclic amines) is 1. The first-order chi connectivity index (χ1) is 24.9. The number of hydrogen-bond acceptors (Lipinski definition) is 7. The number of ether oxygens (including phenoxy) is 2. The molecular formula is C42H46F2N4O3. The Hall–Kier alpha value is -4.13. The number of aromatic nitrogens is 2. The summed E-state index contributed by atoms with van der Waals surface area (Å²) in [5.41, 5.74) is 1.02. The highest BCUT2D eigenvalue weighted by atomic mass is 19.1. The number of carbonyl (C=O) groups excluding carboxylic acids is 1. The Bertz CT molecular complexity index is 1990. The second kappa shape index (κ2) is 14.1. The van der Waals surface area contributed by atoms with Gasteiger partial charge in [-0.1, -0.05) is 18.1 Å². The van der Waals surface area contributed by atoms with Crippen molar-refractivity contribution in [1.82, 2.24) is 14.9 Å². The van der Waals surface area contributed by atoms with Gasteiger partial charge < -0.3 is 24.1 Å². The van der Waals surface area contributed by atoms with Crippen LogP contribution in [0.2, 0.25) is 0 Å². The second-order valence-electron chi connectivity index (χ2n) is 15.5. The van der Waals surface area contributed by atoms with Gasteiger partial charge in [-0.15, -0.1) is 6.42 Å². The van der Waals surface area contributed by atoms with Crippen molar-refractivity contribution >= 4 is 33.8 Å². The van der Waals surface area contributed by atoms with E-state index in [-0.39, 0.29) is 23.3 Å². The van der Waals surface area contributed by atoms with Crippen molar-refractivity contribution in [3.8, 4) is 29.2 Å². The molecule has 3 aromatic carbocycles. The largest absolute Gasteiger partial charge is 0.468 e. The summed E-state index contributed by atoms with van der Waals surface area (Å²) in [6.07, 6.45) is 17.2. The predicted octanol–water partition coefficient (Wildman–Crippen LogP) is 7.94. The Morgan fingerprint density at radius 2 is 1.84 bits per heavy atom. The summed E-state index contributed by atoms with van der Waals surface area (Å²) in [6, 6.07) is 10.3. The molecule has 2 bridgehead atoms. The Morgan fingerprint density at radius 1 is 1.06 bits per heavy atom. The third-order valence-electron chi connectivity index (χ3n) is 12.1. The van der Waals surface area contributed by atoms with Crippen LogP contribution >= 0.6 is 0 Å². The lowest BCUT2D eigenvalue weighted by atomic mass is 9.92. The molecule has 2 saturated carbocycles. The summed E-state index contributed by atoms with van der Waals surface area (Å²) in [5, 5.41) is 1.70. The normalized spacial score (nSPS) is 21.6. The van der Waals surface area contributed by atoms with Gasteiger partial charge in [0.15, 0.2) is 12.6 Å². The summed E-state index contributed by atoms with van der Waals surface area (Å²) in [7, 11) is 1.52. The third kappa shape index (κ3) is 6.81. The fourth-order valence-corrected chi connectivity index (χ4v) is 9.17. The molecule has 2 aliphatic heterocycles.